The molecule has 1 heterocycles. The van der Waals surface area contributed by atoms with Crippen molar-refractivity contribution in [2.24, 2.45) is 0 Å². The second kappa shape index (κ2) is 5.76. The largest absolute Gasteiger partial charge is 0.378 e. The predicted molar refractivity (Wildman–Crippen MR) is 79.3 cm³/mol. The Bertz CT molecular complexity index is 679. The molecule has 0 unspecified atom stereocenters. The molecule has 0 N–H and O–H groups in total. The van der Waals surface area contributed by atoms with Gasteiger partial charge in [-0.2, -0.15) is 9.57 Å². The van der Waals surface area contributed by atoms with Crippen LogP contribution in [-0.2, 0) is 14.8 Å². The Morgan fingerprint density at radius 2 is 2.19 bits per heavy atom. The topological polar surface area (TPSA) is 70.4 Å². The first-order chi connectivity index (χ1) is 9.85. The van der Waals surface area contributed by atoms with Crippen molar-refractivity contribution < 1.29 is 13.2 Å². The highest BCUT2D eigenvalue weighted by Crippen LogP contribution is 2.31. The smallest absolute Gasteiger partial charge is 0.244 e. The van der Waals surface area contributed by atoms with Crippen LogP contribution in [0.1, 0.15) is 31.4 Å². The molecule has 1 aromatic carbocycles. The van der Waals surface area contributed by atoms with Crippen molar-refractivity contribution in [2.45, 2.75) is 37.6 Å². The molecule has 1 atom stereocenters. The van der Waals surface area contributed by atoms with Crippen LogP contribution < -0.4 is 0 Å². The predicted octanol–water partition coefficient (Wildman–Crippen LogP) is 2.06. The third-order valence-electron chi connectivity index (χ3n) is 4.10. The number of morpholine rings is 1. The lowest BCUT2D eigenvalue weighted by Crippen LogP contribution is -2.56. The average Bonchev–Trinajstić information content (AvgIpc) is 2.47. The van der Waals surface area contributed by atoms with Crippen molar-refractivity contribution in [3.05, 3.63) is 29.3 Å². The van der Waals surface area contributed by atoms with Crippen LogP contribution in [-0.4, -0.2) is 38.0 Å². The van der Waals surface area contributed by atoms with Crippen molar-refractivity contribution in [3.63, 3.8) is 0 Å². The fraction of sp³-hybridized carbons (Fsp3) is 0.533. The molecule has 0 amide bonds. The van der Waals surface area contributed by atoms with E-state index in [0.29, 0.717) is 37.3 Å². The van der Waals surface area contributed by atoms with Gasteiger partial charge in [-0.3, -0.25) is 0 Å². The van der Waals surface area contributed by atoms with E-state index >= 15 is 0 Å². The Labute approximate surface area is 126 Å². The second-order valence-corrected chi connectivity index (χ2v) is 7.40. The molecule has 1 aliphatic rings. The van der Waals surface area contributed by atoms with Gasteiger partial charge in [-0.25, -0.2) is 8.42 Å². The quantitative estimate of drug-likeness (QED) is 0.857. The Morgan fingerprint density at radius 3 is 2.81 bits per heavy atom. The number of rotatable bonds is 3. The minimum atomic E-state index is -3.64. The molecule has 1 saturated heterocycles. The highest BCUT2D eigenvalue weighted by atomic mass is 32.2. The molecule has 1 aromatic rings. The molecular formula is C15H20N2O3S. The first kappa shape index (κ1) is 16.0. The summed E-state index contributed by atoms with van der Waals surface area (Å²) in [4.78, 5) is 0.211. The molecule has 0 aromatic heterocycles. The van der Waals surface area contributed by atoms with E-state index in [-0.39, 0.29) is 4.90 Å². The van der Waals surface area contributed by atoms with Crippen LogP contribution in [0.5, 0.6) is 0 Å². The maximum absolute atomic E-state index is 13.0. The minimum Gasteiger partial charge on any atom is -0.378 e. The van der Waals surface area contributed by atoms with Crippen LogP contribution in [0.2, 0.25) is 0 Å². The Kier molecular flexibility index (Phi) is 4.38. The fourth-order valence-corrected chi connectivity index (χ4v) is 4.60. The van der Waals surface area contributed by atoms with Crippen molar-refractivity contribution in [1.29, 1.82) is 5.26 Å². The van der Waals surface area contributed by atoms with Crippen LogP contribution in [0.3, 0.4) is 0 Å². The van der Waals surface area contributed by atoms with Gasteiger partial charge in [0.2, 0.25) is 10.0 Å². The number of hydrogen-bond donors (Lipinski definition) is 0. The van der Waals surface area contributed by atoms with E-state index in [1.165, 1.54) is 10.4 Å². The molecule has 0 radical (unpaired) electrons. The highest BCUT2D eigenvalue weighted by Gasteiger charge is 2.42. The zero-order valence-electron chi connectivity index (χ0n) is 12.6. The summed E-state index contributed by atoms with van der Waals surface area (Å²) in [7, 11) is -3.64. The molecule has 5 nitrogen and oxygen atoms in total. The van der Waals surface area contributed by atoms with Crippen LogP contribution in [0.25, 0.3) is 0 Å². The maximum atomic E-state index is 13.0. The van der Waals surface area contributed by atoms with Crippen LogP contribution in [0, 0.1) is 18.3 Å². The van der Waals surface area contributed by atoms with Crippen LogP contribution in [0.4, 0.5) is 0 Å². The third-order valence-corrected chi connectivity index (χ3v) is 6.30. The normalized spacial score (nSPS) is 23.7. The third kappa shape index (κ3) is 2.82. The van der Waals surface area contributed by atoms with Gasteiger partial charge in [-0.05, 0) is 38.0 Å². The number of nitriles is 1. The van der Waals surface area contributed by atoms with E-state index in [9.17, 15) is 8.42 Å². The molecule has 2 rings (SSSR count). The zero-order chi connectivity index (χ0) is 15.7. The molecule has 0 aliphatic carbocycles. The molecule has 0 bridgehead atoms. The lowest BCUT2D eigenvalue weighted by molar-refractivity contribution is -0.0186. The summed E-state index contributed by atoms with van der Waals surface area (Å²) in [5.74, 6) is 0. The molecule has 1 fully saturated rings. The summed E-state index contributed by atoms with van der Waals surface area (Å²) >= 11 is 0. The molecule has 6 heteroatoms. The number of sulfonamides is 1. The summed E-state index contributed by atoms with van der Waals surface area (Å²) in [5, 5.41) is 9.00. The molecule has 0 spiro atoms. The number of ether oxygens (including phenoxy) is 1. The monoisotopic (exact) mass is 308 g/mol. The van der Waals surface area contributed by atoms with Crippen LogP contribution in [0.15, 0.2) is 23.1 Å². The van der Waals surface area contributed by atoms with Crippen molar-refractivity contribution in [3.8, 4) is 6.07 Å². The average molecular weight is 308 g/mol. The van der Waals surface area contributed by atoms with E-state index in [2.05, 4.69) is 0 Å². The van der Waals surface area contributed by atoms with E-state index < -0.39 is 15.6 Å². The molecule has 21 heavy (non-hydrogen) atoms. The highest BCUT2D eigenvalue weighted by molar-refractivity contribution is 7.89. The Morgan fingerprint density at radius 1 is 1.48 bits per heavy atom. The summed E-state index contributed by atoms with van der Waals surface area (Å²) < 4.78 is 33.0. The van der Waals surface area contributed by atoms with E-state index in [1.54, 1.807) is 19.1 Å². The molecule has 114 valence electrons. The summed E-state index contributed by atoms with van der Waals surface area (Å²) in [6, 6.07) is 6.76. The van der Waals surface area contributed by atoms with Gasteiger partial charge in [-0.15, -0.1) is 0 Å². The number of hydrogen-bond acceptors (Lipinski definition) is 4. The summed E-state index contributed by atoms with van der Waals surface area (Å²) in [5.41, 5.74) is 0.455. The van der Waals surface area contributed by atoms with Gasteiger partial charge in [0, 0.05) is 6.54 Å². The van der Waals surface area contributed by atoms with E-state index in [4.69, 9.17) is 10.00 Å². The van der Waals surface area contributed by atoms with Gasteiger partial charge in [0.15, 0.2) is 0 Å². The summed E-state index contributed by atoms with van der Waals surface area (Å²) in [6.07, 6.45) is 0.670. The SMILES string of the molecule is CC[C@]1(C)COCCN1S(=O)(=O)c1cc(C#N)ccc1C. The zero-order valence-corrected chi connectivity index (χ0v) is 13.4. The number of aryl methyl sites for hydroxylation is 1. The van der Waals surface area contributed by atoms with Gasteiger partial charge in [0.05, 0.1) is 35.3 Å². The van der Waals surface area contributed by atoms with Gasteiger partial charge >= 0.3 is 0 Å². The van der Waals surface area contributed by atoms with E-state index in [0.717, 1.165) is 0 Å². The van der Waals surface area contributed by atoms with Gasteiger partial charge < -0.3 is 4.74 Å². The molecular weight excluding hydrogens is 288 g/mol. The van der Waals surface area contributed by atoms with Gasteiger partial charge in [0.1, 0.15) is 0 Å². The number of benzene rings is 1. The lowest BCUT2D eigenvalue weighted by Gasteiger charge is -2.43. The number of nitrogens with zero attached hydrogens (tertiary/aromatic N) is 2. The van der Waals surface area contributed by atoms with Crippen molar-refractivity contribution in [1.82, 2.24) is 4.31 Å². The first-order valence-electron chi connectivity index (χ1n) is 6.96. The standard InChI is InChI=1S/C15H20N2O3S/c1-4-15(3)11-20-8-7-17(15)21(18,19)14-9-13(10-16)6-5-12(14)2/h5-6,9H,4,7-8,11H2,1-3H3/t15-/m1/s1. The molecule has 1 aliphatic heterocycles. The fourth-order valence-electron chi connectivity index (χ4n) is 2.54. The maximum Gasteiger partial charge on any atom is 0.244 e. The molecule has 0 saturated carbocycles. The van der Waals surface area contributed by atoms with Gasteiger partial charge in [-0.1, -0.05) is 13.0 Å². The van der Waals surface area contributed by atoms with Crippen molar-refractivity contribution >= 4 is 10.0 Å². The second-order valence-electron chi connectivity index (χ2n) is 5.57. The van der Waals surface area contributed by atoms with E-state index in [1.807, 2.05) is 19.9 Å². The summed E-state index contributed by atoms with van der Waals surface area (Å²) in [6.45, 7) is 6.72. The van der Waals surface area contributed by atoms with Gasteiger partial charge in [0.25, 0.3) is 0 Å². The van der Waals surface area contributed by atoms with Crippen LogP contribution >= 0.6 is 0 Å². The first-order valence-corrected chi connectivity index (χ1v) is 8.40. The van der Waals surface area contributed by atoms with Crippen molar-refractivity contribution in [2.75, 3.05) is 19.8 Å². The Hall–Kier alpha value is -1.42. The minimum absolute atomic E-state index is 0.211. The Balaban J connectivity index is 2.54. The lowest BCUT2D eigenvalue weighted by atomic mass is 9.99.